The minimum absolute atomic E-state index is 0.0148. The summed E-state index contributed by atoms with van der Waals surface area (Å²) in [6.45, 7) is 1.39. The van der Waals surface area contributed by atoms with Gasteiger partial charge in [0.1, 0.15) is 0 Å². The van der Waals surface area contributed by atoms with Gasteiger partial charge in [-0.2, -0.15) is 0 Å². The van der Waals surface area contributed by atoms with E-state index >= 15 is 0 Å². The summed E-state index contributed by atoms with van der Waals surface area (Å²) in [6, 6.07) is 4.61. The molecule has 1 saturated carbocycles. The highest BCUT2D eigenvalue weighted by Gasteiger charge is 2.23. The topological polar surface area (TPSA) is 131 Å². The van der Waals surface area contributed by atoms with Gasteiger partial charge in [0.25, 0.3) is 5.91 Å². The molecular formula is C18H25N3O6S. The predicted molar refractivity (Wildman–Crippen MR) is 101 cm³/mol. The van der Waals surface area contributed by atoms with E-state index < -0.39 is 34.5 Å². The maximum Gasteiger partial charge on any atom is 0.338 e. The van der Waals surface area contributed by atoms with Gasteiger partial charge in [-0.05, 0) is 44.0 Å². The number of ether oxygens (including phenoxy) is 1. The zero-order valence-corrected chi connectivity index (χ0v) is 16.7. The molecule has 0 unspecified atom stereocenters. The van der Waals surface area contributed by atoms with Crippen molar-refractivity contribution >= 4 is 27.9 Å². The van der Waals surface area contributed by atoms with Crippen LogP contribution in [0, 0.1) is 5.92 Å². The van der Waals surface area contributed by atoms with Gasteiger partial charge in [-0.1, -0.05) is 25.8 Å². The summed E-state index contributed by atoms with van der Waals surface area (Å²) in [5.41, 5.74) is -0.0235. The third-order valence-electron chi connectivity index (χ3n) is 4.66. The molecule has 1 aromatic rings. The van der Waals surface area contributed by atoms with Gasteiger partial charge < -0.3 is 10.1 Å². The molecule has 1 fully saturated rings. The molecule has 3 amide bonds. The largest absolute Gasteiger partial charge is 0.452 e. The molecule has 0 spiro atoms. The standard InChI is InChI=1S/C18H25N3O6S/c1-12-6-3-4-9-15(12)20-18(24)21-16(22)11-27-17(23)13-7-5-8-14(10-13)28(25,26)19-2/h5,7-8,10,12,15,19H,3-4,6,9,11H2,1-2H3,(H2,20,21,22,24)/t12-,15-/m0/s1. The van der Waals surface area contributed by atoms with Crippen LogP contribution < -0.4 is 15.4 Å². The average molecular weight is 411 g/mol. The second-order valence-electron chi connectivity index (χ2n) is 6.70. The lowest BCUT2D eigenvalue weighted by Crippen LogP contribution is -2.48. The highest BCUT2D eigenvalue weighted by molar-refractivity contribution is 7.89. The Bertz CT molecular complexity index is 839. The minimum Gasteiger partial charge on any atom is -0.452 e. The van der Waals surface area contributed by atoms with Crippen molar-refractivity contribution in [1.82, 2.24) is 15.4 Å². The molecule has 0 aliphatic heterocycles. The van der Waals surface area contributed by atoms with Gasteiger partial charge in [0.2, 0.25) is 10.0 Å². The number of nitrogens with one attached hydrogen (secondary N) is 3. The summed E-state index contributed by atoms with van der Waals surface area (Å²) in [7, 11) is -2.46. The van der Waals surface area contributed by atoms with Gasteiger partial charge in [0.15, 0.2) is 6.61 Å². The number of amides is 3. The lowest BCUT2D eigenvalue weighted by Gasteiger charge is -2.29. The molecule has 1 aliphatic rings. The Kier molecular flexibility index (Phi) is 7.53. The second-order valence-corrected chi connectivity index (χ2v) is 8.59. The van der Waals surface area contributed by atoms with Crippen LogP contribution in [0.5, 0.6) is 0 Å². The van der Waals surface area contributed by atoms with E-state index in [4.69, 9.17) is 4.74 Å². The number of hydrogen-bond acceptors (Lipinski definition) is 6. The van der Waals surface area contributed by atoms with Crippen molar-refractivity contribution in [2.24, 2.45) is 5.92 Å². The third-order valence-corrected chi connectivity index (χ3v) is 6.08. The first kappa shape index (κ1) is 21.8. The van der Waals surface area contributed by atoms with Crippen LogP contribution in [-0.4, -0.2) is 46.0 Å². The van der Waals surface area contributed by atoms with Crippen molar-refractivity contribution < 1.29 is 27.5 Å². The van der Waals surface area contributed by atoms with E-state index in [0.29, 0.717) is 5.92 Å². The summed E-state index contributed by atoms with van der Waals surface area (Å²) in [6.07, 6.45) is 4.05. The summed E-state index contributed by atoms with van der Waals surface area (Å²) < 4.78 is 30.6. The van der Waals surface area contributed by atoms with Crippen LogP contribution in [0.2, 0.25) is 0 Å². The smallest absolute Gasteiger partial charge is 0.338 e. The van der Waals surface area contributed by atoms with Crippen molar-refractivity contribution in [2.45, 2.75) is 43.5 Å². The molecule has 0 bridgehead atoms. The van der Waals surface area contributed by atoms with Crippen LogP contribution in [0.25, 0.3) is 0 Å². The number of hydrogen-bond donors (Lipinski definition) is 3. The molecule has 154 valence electrons. The Morgan fingerprint density at radius 2 is 1.89 bits per heavy atom. The van der Waals surface area contributed by atoms with Gasteiger partial charge in [0, 0.05) is 6.04 Å². The van der Waals surface area contributed by atoms with Crippen molar-refractivity contribution in [3.8, 4) is 0 Å². The highest BCUT2D eigenvalue weighted by atomic mass is 32.2. The van der Waals surface area contributed by atoms with E-state index in [2.05, 4.69) is 22.3 Å². The summed E-state index contributed by atoms with van der Waals surface area (Å²) in [5, 5.41) is 4.89. The molecule has 9 nitrogen and oxygen atoms in total. The molecular weight excluding hydrogens is 386 g/mol. The summed E-state index contributed by atoms with van der Waals surface area (Å²) in [4.78, 5) is 35.7. The monoisotopic (exact) mass is 411 g/mol. The Morgan fingerprint density at radius 1 is 1.18 bits per heavy atom. The van der Waals surface area contributed by atoms with Gasteiger partial charge >= 0.3 is 12.0 Å². The number of rotatable bonds is 6. The molecule has 3 N–H and O–H groups in total. The zero-order chi connectivity index (χ0) is 20.7. The maximum atomic E-state index is 12.0. The summed E-state index contributed by atoms with van der Waals surface area (Å²) in [5.74, 6) is -1.30. The zero-order valence-electron chi connectivity index (χ0n) is 15.9. The summed E-state index contributed by atoms with van der Waals surface area (Å²) >= 11 is 0. The molecule has 0 aromatic heterocycles. The molecule has 0 radical (unpaired) electrons. The minimum atomic E-state index is -3.71. The first-order chi connectivity index (χ1) is 13.2. The first-order valence-corrected chi connectivity index (χ1v) is 10.5. The molecule has 2 atom stereocenters. The van der Waals surface area contributed by atoms with Gasteiger partial charge in [-0.15, -0.1) is 0 Å². The van der Waals surface area contributed by atoms with Crippen molar-refractivity contribution in [2.75, 3.05) is 13.7 Å². The van der Waals surface area contributed by atoms with Crippen LogP contribution in [0.15, 0.2) is 29.2 Å². The third kappa shape index (κ3) is 6.03. The van der Waals surface area contributed by atoms with E-state index in [1.54, 1.807) is 0 Å². The van der Waals surface area contributed by atoms with E-state index in [1.165, 1.54) is 25.2 Å². The Morgan fingerprint density at radius 3 is 2.57 bits per heavy atom. The van der Waals surface area contributed by atoms with Crippen molar-refractivity contribution in [3.05, 3.63) is 29.8 Å². The van der Waals surface area contributed by atoms with Crippen LogP contribution in [0.1, 0.15) is 43.0 Å². The molecule has 1 aliphatic carbocycles. The fourth-order valence-electron chi connectivity index (χ4n) is 3.02. The number of carbonyl (C=O) groups is 3. The predicted octanol–water partition coefficient (Wildman–Crippen LogP) is 1.16. The number of imide groups is 1. The number of carbonyl (C=O) groups excluding carboxylic acids is 3. The van der Waals surface area contributed by atoms with Crippen molar-refractivity contribution in [3.63, 3.8) is 0 Å². The number of urea groups is 1. The molecule has 10 heteroatoms. The Hall–Kier alpha value is -2.46. The molecule has 0 heterocycles. The molecule has 0 saturated heterocycles. The Balaban J connectivity index is 1.84. The first-order valence-electron chi connectivity index (χ1n) is 9.04. The fraction of sp³-hybridized carbons (Fsp3) is 0.500. The van der Waals surface area contributed by atoms with Crippen LogP contribution in [0.4, 0.5) is 4.79 Å². The number of esters is 1. The quantitative estimate of drug-likeness (QED) is 0.602. The van der Waals surface area contributed by atoms with Crippen LogP contribution in [0.3, 0.4) is 0 Å². The SMILES string of the molecule is CNS(=O)(=O)c1cccc(C(=O)OCC(=O)NC(=O)N[C@H]2CCCC[C@@H]2C)c1. The van der Waals surface area contributed by atoms with E-state index in [1.807, 2.05) is 0 Å². The second kappa shape index (κ2) is 9.65. The normalized spacial score (nSPS) is 19.5. The van der Waals surface area contributed by atoms with Crippen LogP contribution in [-0.2, 0) is 19.6 Å². The maximum absolute atomic E-state index is 12.0. The molecule has 28 heavy (non-hydrogen) atoms. The highest BCUT2D eigenvalue weighted by Crippen LogP contribution is 2.23. The van der Waals surface area contributed by atoms with Crippen LogP contribution >= 0.6 is 0 Å². The van der Waals surface area contributed by atoms with Crippen molar-refractivity contribution in [1.29, 1.82) is 0 Å². The number of sulfonamides is 1. The lowest BCUT2D eigenvalue weighted by molar-refractivity contribution is -0.123. The average Bonchev–Trinajstić information content (AvgIpc) is 2.68. The lowest BCUT2D eigenvalue weighted by atomic mass is 9.86. The Labute approximate surface area is 164 Å². The van der Waals surface area contributed by atoms with Gasteiger partial charge in [-0.25, -0.2) is 22.7 Å². The van der Waals surface area contributed by atoms with Gasteiger partial charge in [-0.3, -0.25) is 10.1 Å². The molecule has 2 rings (SSSR count). The fourth-order valence-corrected chi connectivity index (χ4v) is 3.80. The number of benzene rings is 1. The van der Waals surface area contributed by atoms with E-state index in [0.717, 1.165) is 31.7 Å². The molecule has 1 aromatic carbocycles. The van der Waals surface area contributed by atoms with E-state index in [9.17, 15) is 22.8 Å². The van der Waals surface area contributed by atoms with Gasteiger partial charge in [0.05, 0.1) is 10.5 Å². The van der Waals surface area contributed by atoms with E-state index in [-0.39, 0.29) is 16.5 Å².